The maximum atomic E-state index is 13.3. The molecule has 0 saturated carbocycles. The number of hydrogen-bond acceptors (Lipinski definition) is 1. The molecule has 1 rings (SSSR count). The lowest BCUT2D eigenvalue weighted by Crippen LogP contribution is -2.21. The van der Waals surface area contributed by atoms with Gasteiger partial charge in [-0.05, 0) is 54.8 Å². The van der Waals surface area contributed by atoms with Crippen LogP contribution in [0.25, 0.3) is 0 Å². The molecular weight excluding hydrogens is 263 g/mol. The van der Waals surface area contributed by atoms with Gasteiger partial charge in [-0.1, -0.05) is 32.9 Å². The number of rotatable bonds is 4. The first kappa shape index (κ1) is 17.0. The van der Waals surface area contributed by atoms with Crippen LogP contribution in [0.1, 0.15) is 55.9 Å². The summed E-state index contributed by atoms with van der Waals surface area (Å²) in [5, 5.41) is 0. The summed E-state index contributed by atoms with van der Waals surface area (Å²) in [7, 11) is 0. The molecule has 0 aliphatic rings. The molecule has 114 valence electrons. The highest BCUT2D eigenvalue weighted by atomic mass is 19.4. The van der Waals surface area contributed by atoms with Gasteiger partial charge < -0.3 is 5.73 Å². The summed E-state index contributed by atoms with van der Waals surface area (Å²) in [5.74, 6) is 0. The standard InChI is InChI=1S/C16H24F3N/c1-11-9-12(7-5-6-8-20)10-13(15(2,3)4)14(11)16(17,18)19/h9-10H,5-8,20H2,1-4H3. The van der Waals surface area contributed by atoms with Gasteiger partial charge in [-0.3, -0.25) is 0 Å². The van der Waals surface area contributed by atoms with E-state index in [-0.39, 0.29) is 0 Å². The molecule has 1 aromatic rings. The van der Waals surface area contributed by atoms with Crippen LogP contribution >= 0.6 is 0 Å². The summed E-state index contributed by atoms with van der Waals surface area (Å²) in [6.45, 7) is 7.62. The van der Waals surface area contributed by atoms with Crippen molar-refractivity contribution in [1.29, 1.82) is 0 Å². The number of halogens is 3. The summed E-state index contributed by atoms with van der Waals surface area (Å²) in [4.78, 5) is 0. The van der Waals surface area contributed by atoms with Gasteiger partial charge in [0.1, 0.15) is 0 Å². The maximum Gasteiger partial charge on any atom is 0.416 e. The highest BCUT2D eigenvalue weighted by Crippen LogP contribution is 2.40. The van der Waals surface area contributed by atoms with E-state index >= 15 is 0 Å². The smallest absolute Gasteiger partial charge is 0.330 e. The van der Waals surface area contributed by atoms with Crippen LogP contribution in [0.3, 0.4) is 0 Å². The van der Waals surface area contributed by atoms with Crippen molar-refractivity contribution >= 4 is 0 Å². The second kappa shape index (κ2) is 6.17. The molecular formula is C16H24F3N. The normalized spacial score (nSPS) is 12.8. The van der Waals surface area contributed by atoms with Gasteiger partial charge in [0, 0.05) is 0 Å². The van der Waals surface area contributed by atoms with Crippen LogP contribution in [0.2, 0.25) is 0 Å². The van der Waals surface area contributed by atoms with Crippen molar-refractivity contribution in [3.63, 3.8) is 0 Å². The molecule has 0 amide bonds. The van der Waals surface area contributed by atoms with Gasteiger partial charge in [0.2, 0.25) is 0 Å². The zero-order valence-corrected chi connectivity index (χ0v) is 12.7. The SMILES string of the molecule is Cc1cc(CCCCN)cc(C(C)(C)C)c1C(F)(F)F. The van der Waals surface area contributed by atoms with Crippen molar-refractivity contribution < 1.29 is 13.2 Å². The van der Waals surface area contributed by atoms with Crippen molar-refractivity contribution in [3.05, 3.63) is 34.4 Å². The average molecular weight is 287 g/mol. The summed E-state index contributed by atoms with van der Waals surface area (Å²) in [5.41, 5.74) is 6.11. The van der Waals surface area contributed by atoms with Crippen LogP contribution in [-0.4, -0.2) is 6.54 Å². The minimum Gasteiger partial charge on any atom is -0.330 e. The minimum atomic E-state index is -4.30. The van der Waals surface area contributed by atoms with Gasteiger partial charge in [-0.2, -0.15) is 13.2 Å². The number of hydrogen-bond donors (Lipinski definition) is 1. The zero-order valence-electron chi connectivity index (χ0n) is 12.7. The molecule has 0 unspecified atom stereocenters. The molecule has 0 aliphatic carbocycles. The van der Waals surface area contributed by atoms with Gasteiger partial charge in [0.05, 0.1) is 5.56 Å². The van der Waals surface area contributed by atoms with Gasteiger partial charge in [-0.25, -0.2) is 0 Å². The number of aryl methyl sites for hydroxylation is 2. The van der Waals surface area contributed by atoms with Crippen molar-refractivity contribution in [2.75, 3.05) is 6.54 Å². The average Bonchev–Trinajstić information content (AvgIpc) is 2.25. The zero-order chi connectivity index (χ0) is 15.6. The summed E-state index contributed by atoms with van der Waals surface area (Å²) < 4.78 is 39.8. The van der Waals surface area contributed by atoms with Crippen molar-refractivity contribution in [3.8, 4) is 0 Å². The van der Waals surface area contributed by atoms with Gasteiger partial charge >= 0.3 is 6.18 Å². The second-order valence-corrected chi connectivity index (χ2v) is 6.33. The van der Waals surface area contributed by atoms with Crippen molar-refractivity contribution in [1.82, 2.24) is 0 Å². The molecule has 0 atom stereocenters. The van der Waals surface area contributed by atoms with Crippen molar-refractivity contribution in [2.45, 2.75) is 58.5 Å². The van der Waals surface area contributed by atoms with Gasteiger partial charge in [0.25, 0.3) is 0 Å². The summed E-state index contributed by atoms with van der Waals surface area (Å²) in [6.07, 6.45) is -1.72. The molecule has 0 heterocycles. The van der Waals surface area contributed by atoms with Crippen LogP contribution in [0.15, 0.2) is 12.1 Å². The first-order valence-corrected chi connectivity index (χ1v) is 6.98. The molecule has 0 saturated heterocycles. The van der Waals surface area contributed by atoms with E-state index in [1.165, 1.54) is 0 Å². The fourth-order valence-electron chi connectivity index (χ4n) is 2.45. The van der Waals surface area contributed by atoms with Crippen LogP contribution in [0.5, 0.6) is 0 Å². The molecule has 0 aliphatic heterocycles. The first-order valence-electron chi connectivity index (χ1n) is 6.98. The maximum absolute atomic E-state index is 13.3. The Balaban J connectivity index is 3.27. The molecule has 4 heteroatoms. The summed E-state index contributed by atoms with van der Waals surface area (Å²) in [6, 6.07) is 3.38. The van der Waals surface area contributed by atoms with Gasteiger partial charge in [0.15, 0.2) is 0 Å². The van der Waals surface area contributed by atoms with E-state index in [2.05, 4.69) is 0 Å². The van der Waals surface area contributed by atoms with Crippen molar-refractivity contribution in [2.24, 2.45) is 5.73 Å². The molecule has 0 fully saturated rings. The van der Waals surface area contributed by atoms with Crippen LogP contribution < -0.4 is 5.73 Å². The molecule has 0 radical (unpaired) electrons. The first-order chi connectivity index (χ1) is 9.07. The Hall–Kier alpha value is -1.03. The molecule has 0 aromatic heterocycles. The van der Waals surface area contributed by atoms with Crippen LogP contribution in [-0.2, 0) is 18.0 Å². The van der Waals surface area contributed by atoms with E-state index in [1.807, 2.05) is 20.8 Å². The lowest BCUT2D eigenvalue weighted by molar-refractivity contribution is -0.139. The van der Waals surface area contributed by atoms with E-state index < -0.39 is 17.2 Å². The monoisotopic (exact) mass is 287 g/mol. The van der Waals surface area contributed by atoms with E-state index in [0.717, 1.165) is 24.8 Å². The van der Waals surface area contributed by atoms with E-state index in [1.54, 1.807) is 19.1 Å². The largest absolute Gasteiger partial charge is 0.416 e. The quantitative estimate of drug-likeness (QED) is 0.805. The fraction of sp³-hybridized carbons (Fsp3) is 0.625. The minimum absolute atomic E-state index is 0.313. The molecule has 2 N–H and O–H groups in total. The Morgan fingerprint density at radius 3 is 2.10 bits per heavy atom. The Morgan fingerprint density at radius 1 is 1.05 bits per heavy atom. The number of nitrogens with two attached hydrogens (primary N) is 1. The van der Waals surface area contributed by atoms with E-state index in [0.29, 0.717) is 17.7 Å². The fourth-order valence-corrected chi connectivity index (χ4v) is 2.45. The topological polar surface area (TPSA) is 26.0 Å². The number of alkyl halides is 3. The Morgan fingerprint density at radius 2 is 1.65 bits per heavy atom. The molecule has 20 heavy (non-hydrogen) atoms. The Labute approximate surface area is 119 Å². The van der Waals surface area contributed by atoms with Crippen LogP contribution in [0.4, 0.5) is 13.2 Å². The lowest BCUT2D eigenvalue weighted by atomic mass is 9.80. The third-order valence-corrected chi connectivity index (χ3v) is 3.41. The molecule has 1 aromatic carbocycles. The Kier molecular flexibility index (Phi) is 5.25. The Bertz CT molecular complexity index is 456. The van der Waals surface area contributed by atoms with Crippen LogP contribution in [0, 0.1) is 6.92 Å². The third kappa shape index (κ3) is 4.23. The number of unbranched alkanes of at least 4 members (excludes halogenated alkanes) is 1. The van der Waals surface area contributed by atoms with E-state index in [9.17, 15) is 13.2 Å². The second-order valence-electron chi connectivity index (χ2n) is 6.33. The predicted molar refractivity (Wildman–Crippen MR) is 76.9 cm³/mol. The molecule has 0 bridgehead atoms. The summed E-state index contributed by atoms with van der Waals surface area (Å²) >= 11 is 0. The molecule has 0 spiro atoms. The molecule has 1 nitrogen and oxygen atoms in total. The van der Waals surface area contributed by atoms with Gasteiger partial charge in [-0.15, -0.1) is 0 Å². The van der Waals surface area contributed by atoms with E-state index in [4.69, 9.17) is 5.73 Å². The lowest BCUT2D eigenvalue weighted by Gasteiger charge is -2.26. The predicted octanol–water partition coefficient (Wildman–Crippen LogP) is 4.59. The highest BCUT2D eigenvalue weighted by molar-refractivity contribution is 5.44. The highest BCUT2D eigenvalue weighted by Gasteiger charge is 2.38. The number of benzene rings is 1. The third-order valence-electron chi connectivity index (χ3n) is 3.41.